The second-order valence-corrected chi connectivity index (χ2v) is 10.2. The summed E-state index contributed by atoms with van der Waals surface area (Å²) in [6.45, 7) is 7.38. The van der Waals surface area contributed by atoms with Gasteiger partial charge in [0.2, 0.25) is 11.8 Å². The molecule has 0 saturated carbocycles. The monoisotopic (exact) mass is 537 g/mol. The maximum absolute atomic E-state index is 13.7. The Morgan fingerprint density at radius 1 is 1.03 bits per heavy atom. The maximum atomic E-state index is 13.7. The number of benzene rings is 2. The average Bonchev–Trinajstić information content (AvgIpc) is 2.95. The Balaban J connectivity index is 1.58. The summed E-state index contributed by atoms with van der Waals surface area (Å²) < 4.78 is 10.8. The Hall–Kier alpha value is -3.79. The Morgan fingerprint density at radius 3 is 2.38 bits per heavy atom. The number of ether oxygens (including phenoxy) is 2. The molecule has 10 heteroatoms. The molecular weight excluding hydrogens is 498 g/mol. The molecule has 2 aromatic rings. The van der Waals surface area contributed by atoms with Crippen molar-refractivity contribution in [3.63, 3.8) is 0 Å². The van der Waals surface area contributed by atoms with Crippen LogP contribution in [0.3, 0.4) is 0 Å². The van der Waals surface area contributed by atoms with E-state index in [0.717, 1.165) is 11.1 Å². The van der Waals surface area contributed by atoms with E-state index < -0.39 is 12.2 Å². The first kappa shape index (κ1) is 28.2. The normalized spacial score (nSPS) is 19.8. The molecule has 4 rings (SSSR count). The van der Waals surface area contributed by atoms with Gasteiger partial charge in [-0.1, -0.05) is 57.2 Å². The van der Waals surface area contributed by atoms with Crippen molar-refractivity contribution < 1.29 is 23.9 Å². The number of nitrogens with zero attached hydrogens (tertiary/aromatic N) is 4. The summed E-state index contributed by atoms with van der Waals surface area (Å²) >= 11 is 0. The van der Waals surface area contributed by atoms with E-state index >= 15 is 0 Å². The highest BCUT2D eigenvalue weighted by molar-refractivity contribution is 5.91. The SMILES string of the molecule is CCN1CC(=O)N2[C@@H](C(C)C)C(=O)N(CCc3ccc(OC)c(OC)c3)C[C@@H]2N1C(=O)NCc1ccccc1. The van der Waals surface area contributed by atoms with Gasteiger partial charge in [0.15, 0.2) is 11.5 Å². The van der Waals surface area contributed by atoms with Gasteiger partial charge >= 0.3 is 6.03 Å². The van der Waals surface area contributed by atoms with Crippen LogP contribution < -0.4 is 14.8 Å². The highest BCUT2D eigenvalue weighted by Gasteiger charge is 2.51. The summed E-state index contributed by atoms with van der Waals surface area (Å²) in [5.74, 6) is 0.924. The van der Waals surface area contributed by atoms with Crippen molar-refractivity contribution in [3.05, 3.63) is 59.7 Å². The predicted octanol–water partition coefficient (Wildman–Crippen LogP) is 2.73. The van der Waals surface area contributed by atoms with Gasteiger partial charge in [-0.05, 0) is 35.6 Å². The first-order valence-corrected chi connectivity index (χ1v) is 13.5. The first-order chi connectivity index (χ1) is 18.8. The molecule has 4 amide bonds. The van der Waals surface area contributed by atoms with Crippen molar-refractivity contribution in [1.82, 2.24) is 25.1 Å². The fraction of sp³-hybridized carbons (Fsp3) is 0.483. The van der Waals surface area contributed by atoms with Crippen LogP contribution in [0.25, 0.3) is 0 Å². The van der Waals surface area contributed by atoms with Crippen LogP contribution in [0.4, 0.5) is 4.79 Å². The van der Waals surface area contributed by atoms with Gasteiger partial charge in [-0.3, -0.25) is 9.59 Å². The molecule has 0 aliphatic carbocycles. The zero-order valence-corrected chi connectivity index (χ0v) is 23.4. The molecule has 2 aromatic carbocycles. The van der Waals surface area contributed by atoms with Gasteiger partial charge in [-0.25, -0.2) is 14.8 Å². The molecule has 0 bridgehead atoms. The lowest BCUT2D eigenvalue weighted by molar-refractivity contribution is -0.192. The number of urea groups is 1. The Morgan fingerprint density at radius 2 is 1.74 bits per heavy atom. The lowest BCUT2D eigenvalue weighted by atomic mass is 9.96. The number of hydrogen-bond donors (Lipinski definition) is 1. The van der Waals surface area contributed by atoms with E-state index in [-0.39, 0.29) is 36.9 Å². The van der Waals surface area contributed by atoms with E-state index in [9.17, 15) is 14.4 Å². The number of methoxy groups -OCH3 is 2. The average molecular weight is 538 g/mol. The van der Waals surface area contributed by atoms with Crippen molar-refractivity contribution in [2.75, 3.05) is 40.4 Å². The molecule has 0 aromatic heterocycles. The minimum Gasteiger partial charge on any atom is -0.493 e. The van der Waals surface area contributed by atoms with Crippen LogP contribution in [0.5, 0.6) is 11.5 Å². The van der Waals surface area contributed by atoms with Gasteiger partial charge in [0.1, 0.15) is 12.2 Å². The molecule has 2 aliphatic rings. The van der Waals surface area contributed by atoms with Crippen LogP contribution in [0.1, 0.15) is 31.9 Å². The molecule has 1 N–H and O–H groups in total. The van der Waals surface area contributed by atoms with Crippen molar-refractivity contribution in [2.45, 2.75) is 45.9 Å². The van der Waals surface area contributed by atoms with E-state index in [1.807, 2.05) is 69.3 Å². The van der Waals surface area contributed by atoms with E-state index in [0.29, 0.717) is 37.6 Å². The molecule has 39 heavy (non-hydrogen) atoms. The number of nitrogens with one attached hydrogen (secondary N) is 1. The largest absolute Gasteiger partial charge is 0.493 e. The summed E-state index contributed by atoms with van der Waals surface area (Å²) in [5.41, 5.74) is 1.98. The Kier molecular flexibility index (Phi) is 8.96. The molecule has 2 heterocycles. The quantitative estimate of drug-likeness (QED) is 0.529. The molecule has 10 nitrogen and oxygen atoms in total. The van der Waals surface area contributed by atoms with Crippen LogP contribution >= 0.6 is 0 Å². The number of amides is 4. The third-order valence-electron chi connectivity index (χ3n) is 7.37. The van der Waals surface area contributed by atoms with Gasteiger partial charge in [0.05, 0.1) is 27.3 Å². The van der Waals surface area contributed by atoms with Crippen LogP contribution in [0.2, 0.25) is 0 Å². The van der Waals surface area contributed by atoms with Crippen molar-refractivity contribution >= 4 is 17.8 Å². The second kappa shape index (κ2) is 12.4. The van der Waals surface area contributed by atoms with Crippen LogP contribution in [0.15, 0.2) is 48.5 Å². The standard InChI is InChI=1S/C29H39N5O5/c1-6-32-19-26(35)33-25(34(32)29(37)30-17-22-10-8-7-9-11-22)18-31(28(36)27(33)20(2)3)15-14-21-12-13-23(38-4)24(16-21)39-5/h7-13,16,20,25,27H,6,14-15,17-19H2,1-5H3,(H,30,37)/t25-,27-/m0/s1. The molecule has 2 fully saturated rings. The van der Waals surface area contributed by atoms with Gasteiger partial charge in [0, 0.05) is 19.6 Å². The minimum atomic E-state index is -0.648. The second-order valence-electron chi connectivity index (χ2n) is 10.2. The third-order valence-corrected chi connectivity index (χ3v) is 7.37. The molecule has 2 saturated heterocycles. The fourth-order valence-electron chi connectivity index (χ4n) is 5.38. The number of hydrazine groups is 1. The van der Waals surface area contributed by atoms with E-state index in [1.165, 1.54) is 0 Å². The van der Waals surface area contributed by atoms with Gasteiger partial charge < -0.3 is 24.6 Å². The number of rotatable bonds is 9. The van der Waals surface area contributed by atoms with Gasteiger partial charge in [0.25, 0.3) is 0 Å². The summed E-state index contributed by atoms with van der Waals surface area (Å²) in [5, 5.41) is 6.41. The smallest absolute Gasteiger partial charge is 0.334 e. The summed E-state index contributed by atoms with van der Waals surface area (Å²) in [6.07, 6.45) is -0.00703. The van der Waals surface area contributed by atoms with Crippen molar-refractivity contribution in [1.29, 1.82) is 0 Å². The zero-order chi connectivity index (χ0) is 28.1. The molecule has 0 radical (unpaired) electrons. The summed E-state index contributed by atoms with van der Waals surface area (Å²) in [7, 11) is 3.18. The number of carbonyl (C=O) groups is 3. The molecule has 0 unspecified atom stereocenters. The molecule has 0 spiro atoms. The number of fused-ring (bicyclic) bond motifs is 1. The Labute approximate surface area is 230 Å². The first-order valence-electron chi connectivity index (χ1n) is 13.5. The predicted molar refractivity (Wildman–Crippen MR) is 147 cm³/mol. The fourth-order valence-corrected chi connectivity index (χ4v) is 5.38. The van der Waals surface area contributed by atoms with Crippen molar-refractivity contribution in [2.24, 2.45) is 5.92 Å². The minimum absolute atomic E-state index is 0.0495. The topological polar surface area (TPSA) is 94.7 Å². The van der Waals surface area contributed by atoms with E-state index in [2.05, 4.69) is 5.32 Å². The molecule has 210 valence electrons. The van der Waals surface area contributed by atoms with Gasteiger partial charge in [-0.15, -0.1) is 0 Å². The number of hydrogen-bond acceptors (Lipinski definition) is 6. The molecular formula is C29H39N5O5. The highest BCUT2D eigenvalue weighted by atomic mass is 16.5. The molecule has 2 atom stereocenters. The maximum Gasteiger partial charge on any atom is 0.334 e. The van der Waals surface area contributed by atoms with Crippen LogP contribution in [-0.2, 0) is 22.6 Å². The van der Waals surface area contributed by atoms with E-state index in [1.54, 1.807) is 34.0 Å². The number of likely N-dealkylation sites (N-methyl/N-ethyl adjacent to an activating group) is 1. The molecule has 2 aliphatic heterocycles. The lowest BCUT2D eigenvalue weighted by Crippen LogP contribution is -2.77. The van der Waals surface area contributed by atoms with Gasteiger partial charge in [-0.2, -0.15) is 0 Å². The van der Waals surface area contributed by atoms with Crippen molar-refractivity contribution in [3.8, 4) is 11.5 Å². The number of piperazine rings is 1. The highest BCUT2D eigenvalue weighted by Crippen LogP contribution is 2.31. The Bertz CT molecular complexity index is 1170. The number of carbonyl (C=O) groups excluding carboxylic acids is 3. The van der Waals surface area contributed by atoms with Crippen LogP contribution in [0, 0.1) is 5.92 Å². The summed E-state index contributed by atoms with van der Waals surface area (Å²) in [6, 6.07) is 14.5. The third kappa shape index (κ3) is 5.95. The lowest BCUT2D eigenvalue weighted by Gasteiger charge is -2.55. The van der Waals surface area contributed by atoms with Crippen LogP contribution in [-0.4, -0.2) is 90.3 Å². The van der Waals surface area contributed by atoms with E-state index in [4.69, 9.17) is 9.47 Å². The zero-order valence-electron chi connectivity index (χ0n) is 23.4. The summed E-state index contributed by atoms with van der Waals surface area (Å²) in [4.78, 5) is 44.1.